The Balaban J connectivity index is 1.35. The number of carbonyl (C=O) groups is 1. The molecule has 0 saturated heterocycles. The highest BCUT2D eigenvalue weighted by Gasteiger charge is 2.13. The van der Waals surface area contributed by atoms with Gasteiger partial charge in [0.15, 0.2) is 11.5 Å². The lowest BCUT2D eigenvalue weighted by Gasteiger charge is -2.11. The molecule has 0 aliphatic carbocycles. The third kappa shape index (κ3) is 4.11. The number of hydrogen-bond donors (Lipinski definition) is 1. The summed E-state index contributed by atoms with van der Waals surface area (Å²) in [6.45, 7) is 0.783. The largest absolute Gasteiger partial charge is 0.454 e. The summed E-state index contributed by atoms with van der Waals surface area (Å²) < 4.78 is 10.7. The average molecular weight is 359 g/mol. The van der Waals surface area contributed by atoms with Crippen LogP contribution < -0.4 is 14.8 Å². The van der Waals surface area contributed by atoms with Crippen molar-refractivity contribution >= 4 is 5.91 Å². The SMILES string of the molecule is O=C(CCc1ccc2c(c1)OCO2)NCc1ccccc1-c1ccccc1. The Hall–Kier alpha value is -3.27. The molecule has 0 unspecified atom stereocenters. The summed E-state index contributed by atoms with van der Waals surface area (Å²) in [7, 11) is 0. The van der Waals surface area contributed by atoms with Crippen molar-refractivity contribution in [3.8, 4) is 22.6 Å². The van der Waals surface area contributed by atoms with Gasteiger partial charge in [-0.3, -0.25) is 4.79 Å². The molecule has 1 aliphatic heterocycles. The molecule has 1 heterocycles. The van der Waals surface area contributed by atoms with E-state index in [9.17, 15) is 4.79 Å². The minimum Gasteiger partial charge on any atom is -0.454 e. The maximum Gasteiger partial charge on any atom is 0.231 e. The van der Waals surface area contributed by atoms with Crippen LogP contribution in [-0.2, 0) is 17.8 Å². The Kier molecular flexibility index (Phi) is 5.06. The van der Waals surface area contributed by atoms with Crippen LogP contribution in [0.25, 0.3) is 11.1 Å². The third-order valence-corrected chi connectivity index (χ3v) is 4.66. The number of ether oxygens (including phenoxy) is 2. The van der Waals surface area contributed by atoms with Gasteiger partial charge in [0, 0.05) is 13.0 Å². The molecular formula is C23H21NO3. The van der Waals surface area contributed by atoms with Crippen LogP contribution in [-0.4, -0.2) is 12.7 Å². The lowest BCUT2D eigenvalue weighted by molar-refractivity contribution is -0.121. The molecule has 0 fully saturated rings. The first-order valence-electron chi connectivity index (χ1n) is 9.08. The number of aryl methyl sites for hydroxylation is 1. The molecule has 4 heteroatoms. The van der Waals surface area contributed by atoms with Crippen molar-refractivity contribution in [2.75, 3.05) is 6.79 Å². The van der Waals surface area contributed by atoms with Gasteiger partial charge in [-0.25, -0.2) is 0 Å². The highest BCUT2D eigenvalue weighted by Crippen LogP contribution is 2.32. The molecule has 3 aromatic rings. The molecule has 0 spiro atoms. The van der Waals surface area contributed by atoms with E-state index in [2.05, 4.69) is 29.6 Å². The number of amides is 1. The lowest BCUT2D eigenvalue weighted by Crippen LogP contribution is -2.23. The first-order chi connectivity index (χ1) is 13.3. The second-order valence-electron chi connectivity index (χ2n) is 6.49. The van der Waals surface area contributed by atoms with Crippen LogP contribution in [0.2, 0.25) is 0 Å². The van der Waals surface area contributed by atoms with Crippen molar-refractivity contribution in [3.05, 3.63) is 83.9 Å². The van der Waals surface area contributed by atoms with Crippen LogP contribution in [0.3, 0.4) is 0 Å². The van der Waals surface area contributed by atoms with Crippen molar-refractivity contribution in [1.82, 2.24) is 5.32 Å². The molecule has 1 aliphatic rings. The number of rotatable bonds is 6. The van der Waals surface area contributed by atoms with Crippen molar-refractivity contribution in [3.63, 3.8) is 0 Å². The first kappa shape index (κ1) is 17.2. The van der Waals surface area contributed by atoms with Gasteiger partial charge in [0.25, 0.3) is 0 Å². The fourth-order valence-corrected chi connectivity index (χ4v) is 3.21. The molecule has 4 rings (SSSR count). The average Bonchev–Trinajstić information content (AvgIpc) is 3.19. The standard InChI is InChI=1S/C23H21NO3/c25-23(13-11-17-10-12-21-22(14-17)27-16-26-21)24-15-19-8-4-5-9-20(19)18-6-2-1-3-7-18/h1-10,12,14H,11,13,15-16H2,(H,24,25). The predicted molar refractivity (Wildman–Crippen MR) is 105 cm³/mol. The van der Waals surface area contributed by atoms with E-state index in [0.29, 0.717) is 19.4 Å². The highest BCUT2D eigenvalue weighted by molar-refractivity contribution is 5.77. The van der Waals surface area contributed by atoms with Crippen LogP contribution in [0, 0.1) is 0 Å². The van der Waals surface area contributed by atoms with Crippen molar-refractivity contribution < 1.29 is 14.3 Å². The van der Waals surface area contributed by atoms with Crippen LogP contribution in [0.5, 0.6) is 11.5 Å². The Morgan fingerprint density at radius 3 is 2.56 bits per heavy atom. The fraction of sp³-hybridized carbons (Fsp3) is 0.174. The molecule has 0 saturated carbocycles. The summed E-state index contributed by atoms with van der Waals surface area (Å²) in [6.07, 6.45) is 1.11. The quantitative estimate of drug-likeness (QED) is 0.712. The predicted octanol–water partition coefficient (Wildman–Crippen LogP) is 4.33. The molecule has 27 heavy (non-hydrogen) atoms. The molecule has 136 valence electrons. The van der Waals surface area contributed by atoms with Crippen LogP contribution in [0.1, 0.15) is 17.5 Å². The van der Waals surface area contributed by atoms with Crippen LogP contribution >= 0.6 is 0 Å². The molecule has 4 nitrogen and oxygen atoms in total. The van der Waals surface area contributed by atoms with Gasteiger partial charge in [0.1, 0.15) is 0 Å². The third-order valence-electron chi connectivity index (χ3n) is 4.66. The second-order valence-corrected chi connectivity index (χ2v) is 6.49. The van der Waals surface area contributed by atoms with Crippen LogP contribution in [0.4, 0.5) is 0 Å². The van der Waals surface area contributed by atoms with Gasteiger partial charge in [-0.05, 0) is 40.8 Å². The number of fused-ring (bicyclic) bond motifs is 1. The van der Waals surface area contributed by atoms with Gasteiger partial charge in [-0.1, -0.05) is 60.7 Å². The van der Waals surface area contributed by atoms with Gasteiger partial charge >= 0.3 is 0 Å². The van der Waals surface area contributed by atoms with Gasteiger partial charge in [-0.2, -0.15) is 0 Å². The van der Waals surface area contributed by atoms with E-state index in [4.69, 9.17) is 9.47 Å². The van der Waals surface area contributed by atoms with Gasteiger partial charge < -0.3 is 14.8 Å². The summed E-state index contributed by atoms with van der Waals surface area (Å²) in [5.74, 6) is 1.56. The zero-order chi connectivity index (χ0) is 18.5. The first-order valence-corrected chi connectivity index (χ1v) is 9.08. The topological polar surface area (TPSA) is 47.6 Å². The van der Waals surface area contributed by atoms with E-state index in [-0.39, 0.29) is 12.7 Å². The molecular weight excluding hydrogens is 338 g/mol. The van der Waals surface area contributed by atoms with Crippen molar-refractivity contribution in [1.29, 1.82) is 0 Å². The molecule has 3 aromatic carbocycles. The Morgan fingerprint density at radius 1 is 0.889 bits per heavy atom. The van der Waals surface area contributed by atoms with Gasteiger partial charge in [0.2, 0.25) is 12.7 Å². The van der Waals surface area contributed by atoms with E-state index < -0.39 is 0 Å². The summed E-state index contributed by atoms with van der Waals surface area (Å²) >= 11 is 0. The summed E-state index contributed by atoms with van der Waals surface area (Å²) in [6, 6.07) is 24.2. The van der Waals surface area contributed by atoms with Crippen LogP contribution in [0.15, 0.2) is 72.8 Å². The zero-order valence-corrected chi connectivity index (χ0v) is 15.0. The number of hydrogen-bond acceptors (Lipinski definition) is 3. The lowest BCUT2D eigenvalue weighted by atomic mass is 10.00. The smallest absolute Gasteiger partial charge is 0.231 e. The minimum absolute atomic E-state index is 0.0375. The van der Waals surface area contributed by atoms with Gasteiger partial charge in [-0.15, -0.1) is 0 Å². The maximum atomic E-state index is 12.3. The van der Waals surface area contributed by atoms with E-state index in [1.54, 1.807) is 0 Å². The minimum atomic E-state index is 0.0375. The second kappa shape index (κ2) is 7.96. The number of nitrogens with one attached hydrogen (secondary N) is 1. The highest BCUT2D eigenvalue weighted by atomic mass is 16.7. The van der Waals surface area contributed by atoms with E-state index in [0.717, 1.165) is 33.8 Å². The summed E-state index contributed by atoms with van der Waals surface area (Å²) in [4.78, 5) is 12.3. The molecule has 1 amide bonds. The molecule has 0 radical (unpaired) electrons. The monoisotopic (exact) mass is 359 g/mol. The van der Waals surface area contributed by atoms with Gasteiger partial charge in [0.05, 0.1) is 0 Å². The van der Waals surface area contributed by atoms with E-state index >= 15 is 0 Å². The van der Waals surface area contributed by atoms with E-state index in [1.807, 2.05) is 48.5 Å². The zero-order valence-electron chi connectivity index (χ0n) is 15.0. The van der Waals surface area contributed by atoms with E-state index in [1.165, 1.54) is 0 Å². The van der Waals surface area contributed by atoms with Crippen molar-refractivity contribution in [2.24, 2.45) is 0 Å². The summed E-state index contributed by atoms with van der Waals surface area (Å²) in [5.41, 5.74) is 4.48. The Bertz CT molecular complexity index is 937. The Labute approximate surface area is 158 Å². The Morgan fingerprint density at radius 2 is 1.67 bits per heavy atom. The molecule has 1 N–H and O–H groups in total. The maximum absolute atomic E-state index is 12.3. The number of carbonyl (C=O) groups excluding carboxylic acids is 1. The fourth-order valence-electron chi connectivity index (χ4n) is 3.21. The van der Waals surface area contributed by atoms with Crippen molar-refractivity contribution in [2.45, 2.75) is 19.4 Å². The molecule has 0 atom stereocenters. The number of benzene rings is 3. The molecule has 0 aromatic heterocycles. The summed E-state index contributed by atoms with van der Waals surface area (Å²) in [5, 5.41) is 3.04. The normalized spacial score (nSPS) is 12.0. The molecule has 0 bridgehead atoms.